The van der Waals surface area contributed by atoms with Crippen molar-refractivity contribution in [2.75, 3.05) is 20.3 Å². The largest absolute Gasteiger partial charge is 0.472 e. The van der Waals surface area contributed by atoms with Crippen LogP contribution in [0.1, 0.15) is 162 Å². The van der Waals surface area contributed by atoms with Gasteiger partial charge in [0.1, 0.15) is 6.61 Å². The molecular weight excluding hydrogens is 579 g/mol. The van der Waals surface area contributed by atoms with E-state index < -0.39 is 26.5 Å². The number of rotatable bonds is 32. The van der Waals surface area contributed by atoms with Crippen molar-refractivity contribution in [2.24, 2.45) is 0 Å². The third kappa shape index (κ3) is 30.6. The van der Waals surface area contributed by atoms with Gasteiger partial charge in [0.05, 0.1) is 6.61 Å². The molecule has 8 nitrogen and oxygen atoms in total. The minimum absolute atomic E-state index is 0.228. The first-order valence-electron chi connectivity index (χ1n) is 17.5. The molecule has 0 amide bonds. The number of unbranched alkanes of at least 4 members (excludes halogenated alkanes) is 17. The Morgan fingerprint density at radius 2 is 1.09 bits per heavy atom. The van der Waals surface area contributed by atoms with Crippen molar-refractivity contribution in [1.29, 1.82) is 0 Å². The van der Waals surface area contributed by atoms with Crippen LogP contribution in [0, 0.1) is 0 Å². The molecule has 0 heterocycles. The van der Waals surface area contributed by atoms with Crippen LogP contribution in [0.5, 0.6) is 0 Å². The van der Waals surface area contributed by atoms with Crippen LogP contribution in [0.2, 0.25) is 0 Å². The molecule has 0 saturated carbocycles. The van der Waals surface area contributed by atoms with Gasteiger partial charge < -0.3 is 14.4 Å². The SMILES string of the molecule is CCCCCC/C=C\C/C=C\CCCCCCCC(=O)OC(COC(=O)CCCCCCCCCCC)COP(=O)(O)OC. The molecule has 1 N–H and O–H groups in total. The topological polar surface area (TPSA) is 108 Å². The van der Waals surface area contributed by atoms with E-state index in [-0.39, 0.29) is 19.0 Å². The molecule has 258 valence electrons. The summed E-state index contributed by atoms with van der Waals surface area (Å²) in [5, 5.41) is 0. The normalized spacial score (nSPS) is 13.8. The van der Waals surface area contributed by atoms with Crippen LogP contribution < -0.4 is 0 Å². The maximum atomic E-state index is 12.4. The Kier molecular flexibility index (Phi) is 30.5. The van der Waals surface area contributed by atoms with E-state index >= 15 is 0 Å². The first-order chi connectivity index (χ1) is 21.3. The van der Waals surface area contributed by atoms with E-state index in [1.54, 1.807) is 0 Å². The van der Waals surface area contributed by atoms with Crippen LogP contribution in [0.25, 0.3) is 0 Å². The van der Waals surface area contributed by atoms with Crippen LogP contribution in [0.15, 0.2) is 24.3 Å². The lowest BCUT2D eigenvalue weighted by Crippen LogP contribution is -2.29. The summed E-state index contributed by atoms with van der Waals surface area (Å²) in [5.41, 5.74) is 0. The quantitative estimate of drug-likeness (QED) is 0.0333. The van der Waals surface area contributed by atoms with E-state index in [9.17, 15) is 19.0 Å². The molecule has 2 atom stereocenters. The van der Waals surface area contributed by atoms with Crippen molar-refractivity contribution < 1.29 is 37.6 Å². The number of ether oxygens (including phenoxy) is 2. The van der Waals surface area contributed by atoms with E-state index in [0.29, 0.717) is 12.8 Å². The second kappa shape index (κ2) is 31.5. The lowest BCUT2D eigenvalue weighted by Gasteiger charge is -2.19. The number of phosphoric acid groups is 1. The third-order valence-corrected chi connectivity index (χ3v) is 8.39. The van der Waals surface area contributed by atoms with Gasteiger partial charge in [-0.3, -0.25) is 18.6 Å². The standard InChI is InChI=1S/C35H65O8P/c1-4-6-8-10-12-14-15-16-17-18-19-20-22-24-26-28-30-35(37)43-33(32-42-44(38,39)40-3)31-41-34(36)29-27-25-23-21-13-11-9-7-5-2/h14-15,17-18,33H,4-13,16,19-32H2,1-3H3,(H,38,39)/b15-14-,18-17-. The summed E-state index contributed by atoms with van der Waals surface area (Å²) in [6.07, 6.45) is 32.3. The average molecular weight is 645 g/mol. The predicted molar refractivity (Wildman–Crippen MR) is 179 cm³/mol. The van der Waals surface area contributed by atoms with E-state index in [2.05, 4.69) is 42.7 Å². The summed E-state index contributed by atoms with van der Waals surface area (Å²) in [7, 11) is -3.20. The molecule has 0 fully saturated rings. The van der Waals surface area contributed by atoms with Gasteiger partial charge in [0, 0.05) is 20.0 Å². The van der Waals surface area contributed by atoms with Gasteiger partial charge in [-0.1, -0.05) is 128 Å². The zero-order valence-electron chi connectivity index (χ0n) is 28.3. The van der Waals surface area contributed by atoms with E-state index in [1.807, 2.05) is 0 Å². The van der Waals surface area contributed by atoms with Crippen LogP contribution in [0.4, 0.5) is 0 Å². The minimum atomic E-state index is -4.25. The van der Waals surface area contributed by atoms with Crippen molar-refractivity contribution >= 4 is 19.8 Å². The second-order valence-electron chi connectivity index (χ2n) is 11.7. The van der Waals surface area contributed by atoms with Crippen molar-refractivity contribution in [1.82, 2.24) is 0 Å². The summed E-state index contributed by atoms with van der Waals surface area (Å²) >= 11 is 0. The summed E-state index contributed by atoms with van der Waals surface area (Å²) < 4.78 is 31.7. The molecule has 0 aromatic carbocycles. The monoisotopic (exact) mass is 644 g/mol. The highest BCUT2D eigenvalue weighted by Crippen LogP contribution is 2.42. The van der Waals surface area contributed by atoms with Crippen LogP contribution >= 0.6 is 7.82 Å². The van der Waals surface area contributed by atoms with Gasteiger partial charge in [-0.2, -0.15) is 0 Å². The van der Waals surface area contributed by atoms with Gasteiger partial charge >= 0.3 is 19.8 Å². The highest BCUT2D eigenvalue weighted by Gasteiger charge is 2.24. The lowest BCUT2D eigenvalue weighted by molar-refractivity contribution is -0.161. The van der Waals surface area contributed by atoms with E-state index in [0.717, 1.165) is 64.9 Å². The first kappa shape index (κ1) is 42.5. The Labute approximate surface area is 269 Å². The Morgan fingerprint density at radius 3 is 1.61 bits per heavy atom. The maximum absolute atomic E-state index is 12.4. The molecule has 44 heavy (non-hydrogen) atoms. The molecule has 0 bridgehead atoms. The van der Waals surface area contributed by atoms with Gasteiger partial charge in [0.2, 0.25) is 0 Å². The summed E-state index contributed by atoms with van der Waals surface area (Å²) in [6.45, 7) is 3.82. The second-order valence-corrected chi connectivity index (χ2v) is 13.2. The molecule has 0 spiro atoms. The molecule has 0 radical (unpaired) electrons. The molecule has 0 aromatic rings. The number of allylic oxidation sites excluding steroid dienone is 4. The molecular formula is C35H65O8P. The highest BCUT2D eigenvalue weighted by molar-refractivity contribution is 7.47. The number of carbonyl (C=O) groups excluding carboxylic acids is 2. The zero-order chi connectivity index (χ0) is 32.6. The highest BCUT2D eigenvalue weighted by atomic mass is 31.2. The fourth-order valence-corrected chi connectivity index (χ4v) is 5.15. The Bertz CT molecular complexity index is 783. The van der Waals surface area contributed by atoms with Crippen LogP contribution in [0.3, 0.4) is 0 Å². The molecule has 0 aliphatic carbocycles. The smallest absolute Gasteiger partial charge is 0.462 e. The summed E-state index contributed by atoms with van der Waals surface area (Å²) in [5.74, 6) is -0.822. The molecule has 0 saturated heterocycles. The van der Waals surface area contributed by atoms with Gasteiger partial charge in [0.15, 0.2) is 6.10 Å². The van der Waals surface area contributed by atoms with Crippen molar-refractivity contribution in [3.05, 3.63) is 24.3 Å². The minimum Gasteiger partial charge on any atom is -0.462 e. The van der Waals surface area contributed by atoms with Crippen molar-refractivity contribution in [3.8, 4) is 0 Å². The number of hydrogen-bond donors (Lipinski definition) is 1. The molecule has 0 aromatic heterocycles. The van der Waals surface area contributed by atoms with Gasteiger partial charge in [-0.25, -0.2) is 4.57 Å². The third-order valence-electron chi connectivity index (χ3n) is 7.45. The Morgan fingerprint density at radius 1 is 0.636 bits per heavy atom. The Hall–Kier alpha value is -1.47. The molecule has 0 rings (SSSR count). The molecule has 0 aliphatic rings. The molecule has 9 heteroatoms. The zero-order valence-corrected chi connectivity index (χ0v) is 29.2. The van der Waals surface area contributed by atoms with Gasteiger partial charge in [-0.15, -0.1) is 0 Å². The van der Waals surface area contributed by atoms with E-state index in [4.69, 9.17) is 14.0 Å². The molecule has 2 unspecified atom stereocenters. The predicted octanol–water partition coefficient (Wildman–Crippen LogP) is 10.3. The number of carbonyl (C=O) groups is 2. The van der Waals surface area contributed by atoms with Crippen LogP contribution in [-0.2, 0) is 32.7 Å². The average Bonchev–Trinajstić information content (AvgIpc) is 3.01. The fourth-order valence-electron chi connectivity index (χ4n) is 4.69. The number of esters is 2. The fraction of sp³-hybridized carbons (Fsp3) is 0.829. The number of phosphoric ester groups is 1. The van der Waals surface area contributed by atoms with Gasteiger partial charge in [0.25, 0.3) is 0 Å². The van der Waals surface area contributed by atoms with Crippen molar-refractivity contribution in [3.63, 3.8) is 0 Å². The number of hydrogen-bond acceptors (Lipinski definition) is 7. The van der Waals surface area contributed by atoms with Gasteiger partial charge in [-0.05, 0) is 44.9 Å². The lowest BCUT2D eigenvalue weighted by atomic mass is 10.1. The van der Waals surface area contributed by atoms with E-state index in [1.165, 1.54) is 70.6 Å². The maximum Gasteiger partial charge on any atom is 0.472 e. The Balaban J connectivity index is 4.11. The van der Waals surface area contributed by atoms with Crippen molar-refractivity contribution in [2.45, 2.75) is 168 Å². The summed E-state index contributed by atoms with van der Waals surface area (Å²) in [6, 6.07) is 0. The molecule has 0 aliphatic heterocycles. The summed E-state index contributed by atoms with van der Waals surface area (Å²) in [4.78, 5) is 34.1. The first-order valence-corrected chi connectivity index (χ1v) is 19.0. The van der Waals surface area contributed by atoms with Crippen LogP contribution in [-0.4, -0.2) is 43.3 Å².